The Morgan fingerprint density at radius 1 is 1.14 bits per heavy atom. The van der Waals surface area contributed by atoms with Crippen molar-refractivity contribution in [3.8, 4) is 0 Å². The number of pyridine rings is 1. The lowest BCUT2D eigenvalue weighted by Crippen LogP contribution is -2.37. The maximum absolute atomic E-state index is 13.1. The molecule has 2 aromatic carbocycles. The van der Waals surface area contributed by atoms with Crippen molar-refractivity contribution in [3.63, 3.8) is 0 Å². The molecule has 0 aliphatic carbocycles. The number of carbonyl (C=O) groups excluding carboxylic acids is 2. The summed E-state index contributed by atoms with van der Waals surface area (Å²) in [4.78, 5) is 47.7. The van der Waals surface area contributed by atoms with Crippen LogP contribution in [0.25, 0.3) is 10.9 Å². The molecule has 184 valence electrons. The minimum atomic E-state index is -1.06. The van der Waals surface area contributed by atoms with Crippen LogP contribution in [0.2, 0.25) is 0 Å². The number of rotatable bonds is 7. The zero-order valence-electron chi connectivity index (χ0n) is 19.5. The van der Waals surface area contributed by atoms with Gasteiger partial charge in [-0.05, 0) is 41.8 Å². The van der Waals surface area contributed by atoms with Crippen LogP contribution in [0.4, 0.5) is 11.4 Å². The molecule has 0 saturated carbocycles. The first-order chi connectivity index (χ1) is 17.5. The van der Waals surface area contributed by atoms with Gasteiger partial charge in [0.15, 0.2) is 5.96 Å². The lowest BCUT2D eigenvalue weighted by atomic mass is 10.0. The molecule has 0 bridgehead atoms. The van der Waals surface area contributed by atoms with Crippen LogP contribution < -0.4 is 20.9 Å². The van der Waals surface area contributed by atoms with Gasteiger partial charge in [-0.2, -0.15) is 0 Å². The molecule has 10 nitrogen and oxygen atoms in total. The van der Waals surface area contributed by atoms with Crippen LogP contribution in [0, 0.1) is 0 Å². The maximum atomic E-state index is 13.1. The third-order valence-corrected chi connectivity index (χ3v) is 6.26. The van der Waals surface area contributed by atoms with E-state index in [0.29, 0.717) is 31.0 Å². The highest BCUT2D eigenvalue weighted by atomic mass is 16.4. The second kappa shape index (κ2) is 10.0. The number of aromatic nitrogens is 1. The summed E-state index contributed by atoms with van der Waals surface area (Å²) < 4.78 is 0. The Kier molecular flexibility index (Phi) is 6.48. The predicted molar refractivity (Wildman–Crippen MR) is 136 cm³/mol. The summed E-state index contributed by atoms with van der Waals surface area (Å²) in [5, 5.41) is 19.3. The molecule has 5 rings (SSSR count). The van der Waals surface area contributed by atoms with Crippen molar-refractivity contribution in [2.75, 3.05) is 29.9 Å². The maximum Gasteiger partial charge on any atom is 0.305 e. The third-order valence-electron chi connectivity index (χ3n) is 6.26. The molecular weight excluding hydrogens is 460 g/mol. The highest BCUT2D eigenvalue weighted by Crippen LogP contribution is 2.31. The molecule has 3 heterocycles. The summed E-state index contributed by atoms with van der Waals surface area (Å²) >= 11 is 0. The topological polar surface area (TPSA) is 136 Å². The van der Waals surface area contributed by atoms with Gasteiger partial charge in [0.25, 0.3) is 0 Å². The number of aliphatic carboxylic acids is 1. The van der Waals surface area contributed by atoms with Gasteiger partial charge >= 0.3 is 5.97 Å². The van der Waals surface area contributed by atoms with E-state index >= 15 is 0 Å². The third kappa shape index (κ3) is 5.12. The lowest BCUT2D eigenvalue weighted by molar-refractivity contribution is -0.137. The van der Waals surface area contributed by atoms with Crippen LogP contribution in [0.3, 0.4) is 0 Å². The standard InChI is InChI=1S/C26H26N6O4/c33-23(31-21(13-25(35)36)18-11-17-3-1-2-4-20(17)29-15-18)14-24(34)32-10-7-16-5-6-19(12-22(16)32)30-26-27-8-9-28-26/h1-6,11-12,15,21H,7-10,13-14H2,(H,31,33)(H,35,36)(H2,27,28,30). The van der Waals surface area contributed by atoms with Crippen molar-refractivity contribution in [2.24, 2.45) is 4.99 Å². The second-order valence-corrected chi connectivity index (χ2v) is 8.78. The second-order valence-electron chi connectivity index (χ2n) is 8.78. The number of benzene rings is 2. The Hall–Kier alpha value is -4.47. The van der Waals surface area contributed by atoms with Crippen molar-refractivity contribution < 1.29 is 19.5 Å². The molecule has 10 heteroatoms. The molecule has 0 radical (unpaired) electrons. The Balaban J connectivity index is 1.28. The van der Waals surface area contributed by atoms with Gasteiger partial charge in [-0.15, -0.1) is 0 Å². The van der Waals surface area contributed by atoms with Crippen LogP contribution in [0.1, 0.15) is 30.0 Å². The number of amides is 2. The number of carboxylic acids is 1. The average molecular weight is 487 g/mol. The van der Waals surface area contributed by atoms with Gasteiger partial charge in [-0.3, -0.25) is 24.4 Å². The minimum Gasteiger partial charge on any atom is -0.481 e. The summed E-state index contributed by atoms with van der Waals surface area (Å²) in [6.45, 7) is 1.98. The minimum absolute atomic E-state index is 0.320. The highest BCUT2D eigenvalue weighted by Gasteiger charge is 2.28. The Bertz CT molecular complexity index is 1370. The van der Waals surface area contributed by atoms with Crippen molar-refractivity contribution >= 4 is 46.0 Å². The first-order valence-corrected chi connectivity index (χ1v) is 11.8. The van der Waals surface area contributed by atoms with Crippen LogP contribution in [-0.4, -0.2) is 53.5 Å². The van der Waals surface area contributed by atoms with E-state index < -0.39 is 17.9 Å². The first kappa shape index (κ1) is 23.3. The molecule has 1 atom stereocenters. The summed E-state index contributed by atoms with van der Waals surface area (Å²) in [6.07, 6.45) is 1.56. The number of para-hydroxylation sites is 1. The molecule has 2 aliphatic heterocycles. The number of hydrogen-bond donors (Lipinski definition) is 4. The van der Waals surface area contributed by atoms with Crippen LogP contribution in [0.5, 0.6) is 0 Å². The smallest absolute Gasteiger partial charge is 0.305 e. The van der Waals surface area contributed by atoms with Gasteiger partial charge in [0.1, 0.15) is 6.42 Å². The number of anilines is 2. The molecule has 0 fully saturated rings. The van der Waals surface area contributed by atoms with Crippen molar-refractivity contribution in [1.82, 2.24) is 15.6 Å². The number of hydrogen-bond acceptors (Lipinski definition) is 7. The fraction of sp³-hybridized carbons (Fsp3) is 0.269. The Morgan fingerprint density at radius 2 is 2.00 bits per heavy atom. The normalized spacial score (nSPS) is 15.1. The molecule has 0 saturated heterocycles. The summed E-state index contributed by atoms with van der Waals surface area (Å²) in [5.74, 6) is -1.25. The SMILES string of the molecule is O=C(O)CC(NC(=O)CC(=O)N1CCc2ccc(NC3=NCCN3)cc21)c1cnc2ccccc2c1. The number of fused-ring (bicyclic) bond motifs is 2. The van der Waals surface area contributed by atoms with E-state index in [1.807, 2.05) is 48.5 Å². The molecule has 4 N–H and O–H groups in total. The van der Waals surface area contributed by atoms with Gasteiger partial charge in [0.05, 0.1) is 24.5 Å². The van der Waals surface area contributed by atoms with E-state index in [4.69, 9.17) is 0 Å². The van der Waals surface area contributed by atoms with Gasteiger partial charge in [-0.1, -0.05) is 24.3 Å². The summed E-state index contributed by atoms with van der Waals surface area (Å²) in [6, 6.07) is 14.3. The number of guanidine groups is 1. The Morgan fingerprint density at radius 3 is 2.81 bits per heavy atom. The largest absolute Gasteiger partial charge is 0.481 e. The zero-order chi connectivity index (χ0) is 25.1. The van der Waals surface area contributed by atoms with Gasteiger partial charge in [0.2, 0.25) is 11.8 Å². The monoisotopic (exact) mass is 486 g/mol. The number of aliphatic imine (C=N–C) groups is 1. The van der Waals surface area contributed by atoms with Gasteiger partial charge in [0, 0.05) is 36.0 Å². The predicted octanol–water partition coefficient (Wildman–Crippen LogP) is 2.22. The van der Waals surface area contributed by atoms with Crippen LogP contribution >= 0.6 is 0 Å². The number of nitrogens with zero attached hydrogens (tertiary/aromatic N) is 3. The first-order valence-electron chi connectivity index (χ1n) is 11.8. The van der Waals surface area contributed by atoms with E-state index in [9.17, 15) is 19.5 Å². The quantitative estimate of drug-likeness (QED) is 0.376. The summed E-state index contributed by atoms with van der Waals surface area (Å²) in [7, 11) is 0. The molecule has 0 spiro atoms. The number of carboxylic acid groups (broad SMARTS) is 1. The van der Waals surface area contributed by atoms with E-state index in [2.05, 4.69) is 25.9 Å². The molecule has 2 aliphatic rings. The van der Waals surface area contributed by atoms with Crippen molar-refractivity contribution in [1.29, 1.82) is 0 Å². The van der Waals surface area contributed by atoms with Crippen LogP contribution in [0.15, 0.2) is 59.7 Å². The average Bonchev–Trinajstić information content (AvgIpc) is 3.53. The van der Waals surface area contributed by atoms with Gasteiger partial charge < -0.3 is 26.0 Å². The van der Waals surface area contributed by atoms with E-state index in [-0.39, 0.29) is 18.7 Å². The molecular formula is C26H26N6O4. The Labute approximate surface area is 207 Å². The van der Waals surface area contributed by atoms with E-state index in [1.165, 1.54) is 0 Å². The fourth-order valence-corrected chi connectivity index (χ4v) is 4.52. The van der Waals surface area contributed by atoms with Gasteiger partial charge in [-0.25, -0.2) is 0 Å². The van der Waals surface area contributed by atoms with Crippen molar-refractivity contribution in [3.05, 3.63) is 65.9 Å². The fourth-order valence-electron chi connectivity index (χ4n) is 4.52. The van der Waals surface area contributed by atoms with E-state index in [1.54, 1.807) is 11.1 Å². The van der Waals surface area contributed by atoms with E-state index in [0.717, 1.165) is 34.4 Å². The number of carbonyl (C=O) groups is 3. The number of nitrogens with one attached hydrogen (secondary N) is 3. The van der Waals surface area contributed by atoms with Crippen LogP contribution in [-0.2, 0) is 20.8 Å². The highest BCUT2D eigenvalue weighted by molar-refractivity contribution is 6.06. The van der Waals surface area contributed by atoms with Crippen molar-refractivity contribution in [2.45, 2.75) is 25.3 Å². The molecule has 36 heavy (non-hydrogen) atoms. The molecule has 1 aromatic heterocycles. The lowest BCUT2D eigenvalue weighted by Gasteiger charge is -2.20. The molecule has 3 aromatic rings. The summed E-state index contributed by atoms with van der Waals surface area (Å²) in [5.41, 5.74) is 3.94. The molecule has 1 unspecified atom stereocenters. The molecule has 2 amide bonds. The zero-order valence-corrected chi connectivity index (χ0v) is 19.5.